The highest BCUT2D eigenvalue weighted by Gasteiger charge is 2.30. The number of esters is 1. The molecular weight excluding hydrogens is 454 g/mol. The van der Waals surface area contributed by atoms with Gasteiger partial charge in [0.15, 0.2) is 6.61 Å². The van der Waals surface area contributed by atoms with Gasteiger partial charge in [-0.15, -0.1) is 6.58 Å². The molecule has 32 heavy (non-hydrogen) atoms. The van der Waals surface area contributed by atoms with Crippen molar-refractivity contribution in [2.75, 3.05) is 44.2 Å². The standard InChI is InChI=1S/C22H24ClN3O5S/c1-2-10-24-21(27)16-31-22(28)19-15-18(8-9-20(19)23)32(29,30)26-13-11-25(12-14-26)17-6-4-3-5-7-17/h2-9,15H,1,10-14,16H2,(H,24,27). The van der Waals surface area contributed by atoms with Crippen molar-refractivity contribution in [2.24, 2.45) is 0 Å². The van der Waals surface area contributed by atoms with Crippen LogP contribution in [-0.4, -0.2) is 63.9 Å². The van der Waals surface area contributed by atoms with Gasteiger partial charge in [-0.2, -0.15) is 4.31 Å². The van der Waals surface area contributed by atoms with Gasteiger partial charge in [-0.25, -0.2) is 13.2 Å². The van der Waals surface area contributed by atoms with Crippen LogP contribution in [0.4, 0.5) is 5.69 Å². The average Bonchev–Trinajstić information content (AvgIpc) is 2.82. The third-order valence-electron chi connectivity index (χ3n) is 4.93. The van der Waals surface area contributed by atoms with Crippen LogP contribution in [0.15, 0.2) is 66.1 Å². The molecule has 0 aromatic heterocycles. The molecule has 1 fully saturated rings. The zero-order valence-electron chi connectivity index (χ0n) is 17.4. The van der Waals surface area contributed by atoms with Crippen LogP contribution >= 0.6 is 11.6 Å². The summed E-state index contributed by atoms with van der Waals surface area (Å²) in [4.78, 5) is 26.0. The lowest BCUT2D eigenvalue weighted by Crippen LogP contribution is -2.48. The number of halogens is 1. The number of benzene rings is 2. The fraction of sp³-hybridized carbons (Fsp3) is 0.273. The molecule has 2 aromatic rings. The Morgan fingerprint density at radius 3 is 2.44 bits per heavy atom. The number of hydrogen-bond acceptors (Lipinski definition) is 6. The van der Waals surface area contributed by atoms with Crippen molar-refractivity contribution in [3.05, 3.63) is 71.8 Å². The van der Waals surface area contributed by atoms with Gasteiger partial charge in [-0.3, -0.25) is 4.79 Å². The Labute approximate surface area is 192 Å². The summed E-state index contributed by atoms with van der Waals surface area (Å²) in [6.45, 7) is 4.91. The molecule has 1 N–H and O–H groups in total. The monoisotopic (exact) mass is 477 g/mol. The number of carbonyl (C=O) groups excluding carboxylic acids is 2. The van der Waals surface area contributed by atoms with Gasteiger partial charge in [0.05, 0.1) is 15.5 Å². The van der Waals surface area contributed by atoms with Crippen molar-refractivity contribution >= 4 is 39.2 Å². The Kier molecular flexibility index (Phi) is 7.89. The maximum atomic E-state index is 13.1. The summed E-state index contributed by atoms with van der Waals surface area (Å²) in [5.74, 6) is -1.39. The average molecular weight is 478 g/mol. The number of ether oxygens (including phenoxy) is 1. The minimum atomic E-state index is -3.83. The van der Waals surface area contributed by atoms with E-state index in [0.717, 1.165) is 5.69 Å². The van der Waals surface area contributed by atoms with Gasteiger partial charge in [-0.05, 0) is 30.3 Å². The molecule has 1 heterocycles. The molecule has 1 saturated heterocycles. The second kappa shape index (κ2) is 10.6. The number of carbonyl (C=O) groups is 2. The molecule has 0 bridgehead atoms. The summed E-state index contributed by atoms with van der Waals surface area (Å²) in [5, 5.41) is 2.51. The van der Waals surface area contributed by atoms with Crippen LogP contribution in [0.25, 0.3) is 0 Å². The van der Waals surface area contributed by atoms with E-state index in [4.69, 9.17) is 16.3 Å². The van der Waals surface area contributed by atoms with Crippen molar-refractivity contribution in [1.82, 2.24) is 9.62 Å². The van der Waals surface area contributed by atoms with Crippen molar-refractivity contribution in [2.45, 2.75) is 4.90 Å². The summed E-state index contributed by atoms with van der Waals surface area (Å²) in [6.07, 6.45) is 1.49. The lowest BCUT2D eigenvalue weighted by molar-refractivity contribution is -0.124. The van der Waals surface area contributed by atoms with Crippen LogP contribution in [0.3, 0.4) is 0 Å². The molecule has 1 aliphatic rings. The summed E-state index contributed by atoms with van der Waals surface area (Å²) >= 11 is 6.08. The third kappa shape index (κ3) is 5.67. The maximum absolute atomic E-state index is 13.1. The summed E-state index contributed by atoms with van der Waals surface area (Å²) in [6, 6.07) is 13.7. The lowest BCUT2D eigenvalue weighted by Gasteiger charge is -2.35. The van der Waals surface area contributed by atoms with Crippen LogP contribution in [0, 0.1) is 0 Å². The molecule has 0 atom stereocenters. The number of piperazine rings is 1. The van der Waals surface area contributed by atoms with Gasteiger partial charge in [0.1, 0.15) is 0 Å². The van der Waals surface area contributed by atoms with Gasteiger partial charge in [0.2, 0.25) is 10.0 Å². The second-order valence-corrected chi connectivity index (χ2v) is 9.38. The number of nitrogens with one attached hydrogen (secondary N) is 1. The summed E-state index contributed by atoms with van der Waals surface area (Å²) < 4.78 is 32.6. The summed E-state index contributed by atoms with van der Waals surface area (Å²) in [7, 11) is -3.83. The van der Waals surface area contributed by atoms with Gasteiger partial charge in [0.25, 0.3) is 5.91 Å². The Morgan fingerprint density at radius 1 is 1.09 bits per heavy atom. The topological polar surface area (TPSA) is 96.0 Å². The molecule has 3 rings (SSSR count). The predicted octanol–water partition coefficient (Wildman–Crippen LogP) is 2.31. The molecule has 0 radical (unpaired) electrons. The number of anilines is 1. The van der Waals surface area contributed by atoms with Crippen LogP contribution < -0.4 is 10.2 Å². The first-order valence-electron chi connectivity index (χ1n) is 9.97. The molecule has 1 amide bonds. The number of nitrogens with zero attached hydrogens (tertiary/aromatic N) is 2. The van der Waals surface area contributed by atoms with E-state index in [-0.39, 0.29) is 22.0 Å². The second-order valence-electron chi connectivity index (χ2n) is 7.04. The van der Waals surface area contributed by atoms with Crippen molar-refractivity contribution in [1.29, 1.82) is 0 Å². The fourth-order valence-corrected chi connectivity index (χ4v) is 4.89. The van der Waals surface area contributed by atoms with E-state index in [1.54, 1.807) is 0 Å². The molecular formula is C22H24ClN3O5S. The van der Waals surface area contributed by atoms with Crippen LogP contribution in [0.5, 0.6) is 0 Å². The largest absolute Gasteiger partial charge is 0.452 e. The Bertz CT molecular complexity index is 1080. The molecule has 0 unspecified atom stereocenters. The smallest absolute Gasteiger partial charge is 0.340 e. The molecule has 1 aliphatic heterocycles. The van der Waals surface area contributed by atoms with E-state index in [9.17, 15) is 18.0 Å². The lowest BCUT2D eigenvalue weighted by atomic mass is 10.2. The Hall–Kier alpha value is -2.88. The van der Waals surface area contributed by atoms with Crippen molar-refractivity contribution in [3.63, 3.8) is 0 Å². The van der Waals surface area contributed by atoms with E-state index < -0.39 is 28.5 Å². The van der Waals surface area contributed by atoms with Crippen molar-refractivity contribution < 1.29 is 22.7 Å². The predicted molar refractivity (Wildman–Crippen MR) is 122 cm³/mol. The number of rotatable bonds is 8. The van der Waals surface area contributed by atoms with E-state index in [1.807, 2.05) is 30.3 Å². The first-order valence-corrected chi connectivity index (χ1v) is 11.8. The first-order chi connectivity index (χ1) is 15.3. The molecule has 10 heteroatoms. The minimum Gasteiger partial charge on any atom is -0.452 e. The zero-order chi connectivity index (χ0) is 23.1. The third-order valence-corrected chi connectivity index (χ3v) is 7.16. The van der Waals surface area contributed by atoms with E-state index in [1.165, 1.54) is 28.6 Å². The van der Waals surface area contributed by atoms with Crippen LogP contribution in [0.2, 0.25) is 5.02 Å². The Balaban J connectivity index is 1.69. The van der Waals surface area contributed by atoms with Crippen LogP contribution in [-0.2, 0) is 19.6 Å². The SMILES string of the molecule is C=CCNC(=O)COC(=O)c1cc(S(=O)(=O)N2CCN(c3ccccc3)CC2)ccc1Cl. The highest BCUT2D eigenvalue weighted by atomic mass is 35.5. The molecule has 0 saturated carbocycles. The van der Waals surface area contributed by atoms with E-state index in [0.29, 0.717) is 26.2 Å². The maximum Gasteiger partial charge on any atom is 0.340 e. The molecule has 0 spiro atoms. The highest BCUT2D eigenvalue weighted by Crippen LogP contribution is 2.25. The first kappa shape index (κ1) is 23.8. The van der Waals surface area contributed by atoms with Gasteiger partial charge in [-0.1, -0.05) is 35.9 Å². The summed E-state index contributed by atoms with van der Waals surface area (Å²) in [5.41, 5.74) is 0.922. The number of sulfonamides is 1. The van der Waals surface area contributed by atoms with Gasteiger partial charge >= 0.3 is 5.97 Å². The van der Waals surface area contributed by atoms with E-state index >= 15 is 0 Å². The Morgan fingerprint density at radius 2 is 1.78 bits per heavy atom. The quantitative estimate of drug-likeness (QED) is 0.463. The van der Waals surface area contributed by atoms with Gasteiger partial charge in [0, 0.05) is 38.4 Å². The highest BCUT2D eigenvalue weighted by molar-refractivity contribution is 7.89. The fourth-order valence-electron chi connectivity index (χ4n) is 3.24. The zero-order valence-corrected chi connectivity index (χ0v) is 18.9. The molecule has 0 aliphatic carbocycles. The number of hydrogen-bond donors (Lipinski definition) is 1. The minimum absolute atomic E-state index is 0.0364. The normalized spacial score (nSPS) is 14.6. The van der Waals surface area contributed by atoms with Crippen LogP contribution in [0.1, 0.15) is 10.4 Å². The van der Waals surface area contributed by atoms with Crippen molar-refractivity contribution in [3.8, 4) is 0 Å². The van der Waals surface area contributed by atoms with E-state index in [2.05, 4.69) is 16.8 Å². The molecule has 2 aromatic carbocycles. The number of para-hydroxylation sites is 1. The molecule has 8 nitrogen and oxygen atoms in total. The number of amides is 1. The van der Waals surface area contributed by atoms with Gasteiger partial charge < -0.3 is 15.0 Å². The molecule has 170 valence electrons.